The number of furan rings is 1. The summed E-state index contributed by atoms with van der Waals surface area (Å²) in [6.07, 6.45) is 11.6. The minimum atomic E-state index is -0.00382. The highest BCUT2D eigenvalue weighted by molar-refractivity contribution is 5.98. The average molecular weight is 393 g/mol. The summed E-state index contributed by atoms with van der Waals surface area (Å²) in [4.78, 5) is 17.7. The predicted molar refractivity (Wildman–Crippen MR) is 113 cm³/mol. The molecule has 6 nitrogen and oxygen atoms in total. The summed E-state index contributed by atoms with van der Waals surface area (Å²) in [6, 6.07) is 8.62. The van der Waals surface area contributed by atoms with Gasteiger partial charge in [-0.1, -0.05) is 19.3 Å². The highest BCUT2D eigenvalue weighted by Crippen LogP contribution is 2.36. The number of hydrogen-bond acceptors (Lipinski definition) is 4. The van der Waals surface area contributed by atoms with Crippen LogP contribution < -0.4 is 10.6 Å². The van der Waals surface area contributed by atoms with Gasteiger partial charge in [0.1, 0.15) is 12.1 Å². The van der Waals surface area contributed by atoms with Crippen molar-refractivity contribution >= 4 is 16.9 Å². The van der Waals surface area contributed by atoms with Gasteiger partial charge in [0.2, 0.25) is 0 Å². The Morgan fingerprint density at radius 3 is 2.69 bits per heavy atom. The lowest BCUT2D eigenvalue weighted by atomic mass is 9.95. The predicted octanol–water partition coefficient (Wildman–Crippen LogP) is 4.28. The number of fused-ring (bicyclic) bond motifs is 1. The second-order valence-corrected chi connectivity index (χ2v) is 8.31. The average Bonchev–Trinajstić information content (AvgIpc) is 3.42. The molecule has 1 saturated heterocycles. The van der Waals surface area contributed by atoms with Crippen LogP contribution in [0.2, 0.25) is 0 Å². The van der Waals surface area contributed by atoms with Gasteiger partial charge in [-0.2, -0.15) is 0 Å². The Morgan fingerprint density at radius 2 is 1.93 bits per heavy atom. The molecule has 0 unspecified atom stereocenters. The molecule has 0 atom stereocenters. The van der Waals surface area contributed by atoms with E-state index in [1.165, 1.54) is 32.1 Å². The Balaban J connectivity index is 1.50. The summed E-state index contributed by atoms with van der Waals surface area (Å²) < 4.78 is 7.70. The zero-order chi connectivity index (χ0) is 19.6. The van der Waals surface area contributed by atoms with Crippen molar-refractivity contribution in [2.75, 3.05) is 13.1 Å². The van der Waals surface area contributed by atoms with Gasteiger partial charge in [0.15, 0.2) is 0 Å². The van der Waals surface area contributed by atoms with Crippen molar-refractivity contribution in [1.82, 2.24) is 20.2 Å². The summed E-state index contributed by atoms with van der Waals surface area (Å²) >= 11 is 0. The SMILES string of the molecule is O=C(NC1CCNCC1)c1ccc2c(c1)nc(-c1ccoc1)n2C1CCCCC1. The zero-order valence-corrected chi connectivity index (χ0v) is 16.7. The molecule has 3 heterocycles. The molecule has 2 aliphatic rings. The quantitative estimate of drug-likeness (QED) is 0.695. The molecule has 1 saturated carbocycles. The number of carbonyl (C=O) groups excluding carboxylic acids is 1. The van der Waals surface area contributed by atoms with Gasteiger partial charge in [0, 0.05) is 17.6 Å². The van der Waals surface area contributed by atoms with E-state index < -0.39 is 0 Å². The molecule has 152 valence electrons. The van der Waals surface area contributed by atoms with Gasteiger partial charge >= 0.3 is 0 Å². The highest BCUT2D eigenvalue weighted by atomic mass is 16.3. The number of hydrogen-bond donors (Lipinski definition) is 2. The Labute approximate surface area is 170 Å². The molecule has 1 aliphatic carbocycles. The molecule has 3 aromatic rings. The van der Waals surface area contributed by atoms with Crippen LogP contribution in [0, 0.1) is 0 Å². The fourth-order valence-electron chi connectivity index (χ4n) is 4.78. The number of nitrogens with one attached hydrogen (secondary N) is 2. The van der Waals surface area contributed by atoms with Gasteiger partial charge in [-0.15, -0.1) is 0 Å². The minimum absolute atomic E-state index is 0.00382. The molecule has 5 rings (SSSR count). The van der Waals surface area contributed by atoms with Crippen LogP contribution in [0.1, 0.15) is 61.3 Å². The molecule has 6 heteroatoms. The molecule has 1 amide bonds. The lowest BCUT2D eigenvalue weighted by Crippen LogP contribution is -2.42. The van der Waals surface area contributed by atoms with Gasteiger partial charge in [0.25, 0.3) is 5.91 Å². The fourth-order valence-corrected chi connectivity index (χ4v) is 4.78. The van der Waals surface area contributed by atoms with Gasteiger partial charge in [-0.05, 0) is 63.0 Å². The first kappa shape index (κ1) is 18.4. The third kappa shape index (κ3) is 3.69. The normalized spacial score (nSPS) is 18.9. The first-order valence-electron chi connectivity index (χ1n) is 10.9. The summed E-state index contributed by atoms with van der Waals surface area (Å²) in [7, 11) is 0. The number of benzene rings is 1. The number of aromatic nitrogens is 2. The topological polar surface area (TPSA) is 72.1 Å². The molecule has 0 radical (unpaired) electrons. The molecular formula is C23H28N4O2. The highest BCUT2D eigenvalue weighted by Gasteiger charge is 2.24. The van der Waals surface area contributed by atoms with Crippen molar-refractivity contribution in [2.24, 2.45) is 0 Å². The lowest BCUT2D eigenvalue weighted by Gasteiger charge is -2.25. The van der Waals surface area contributed by atoms with E-state index in [-0.39, 0.29) is 11.9 Å². The van der Waals surface area contributed by atoms with E-state index in [2.05, 4.69) is 21.3 Å². The number of carbonyl (C=O) groups is 1. The van der Waals surface area contributed by atoms with Gasteiger partial charge in [-0.3, -0.25) is 4.79 Å². The Morgan fingerprint density at radius 1 is 1.10 bits per heavy atom. The van der Waals surface area contributed by atoms with Crippen LogP contribution in [0.3, 0.4) is 0 Å². The number of amides is 1. The summed E-state index contributed by atoms with van der Waals surface area (Å²) in [5.41, 5.74) is 3.66. The lowest BCUT2D eigenvalue weighted by molar-refractivity contribution is 0.0929. The van der Waals surface area contributed by atoms with Crippen molar-refractivity contribution in [2.45, 2.75) is 57.0 Å². The second-order valence-electron chi connectivity index (χ2n) is 8.31. The summed E-state index contributed by atoms with van der Waals surface area (Å²) in [5.74, 6) is 0.937. The van der Waals surface area contributed by atoms with Crippen molar-refractivity contribution in [3.05, 3.63) is 42.4 Å². The van der Waals surface area contributed by atoms with Gasteiger partial charge in [-0.25, -0.2) is 4.98 Å². The molecule has 29 heavy (non-hydrogen) atoms. The smallest absolute Gasteiger partial charge is 0.251 e. The van der Waals surface area contributed by atoms with Crippen LogP contribution in [0.5, 0.6) is 0 Å². The number of imidazole rings is 1. The molecular weight excluding hydrogens is 364 g/mol. The Kier molecular flexibility index (Phi) is 5.10. The standard InChI is InChI=1S/C23H28N4O2/c28-23(25-18-8-11-24-12-9-18)16-6-7-21-20(14-16)26-22(17-10-13-29-15-17)27(21)19-4-2-1-3-5-19/h6-7,10,13-15,18-19,24H,1-5,8-9,11-12H2,(H,25,28). The summed E-state index contributed by atoms with van der Waals surface area (Å²) in [5, 5.41) is 6.52. The van der Waals surface area contributed by atoms with Crippen LogP contribution in [0.25, 0.3) is 22.4 Å². The van der Waals surface area contributed by atoms with Crippen LogP contribution in [-0.4, -0.2) is 34.6 Å². The van der Waals surface area contributed by atoms with E-state index in [4.69, 9.17) is 9.40 Å². The zero-order valence-electron chi connectivity index (χ0n) is 16.7. The van der Waals surface area contributed by atoms with Crippen LogP contribution in [0.15, 0.2) is 41.2 Å². The molecule has 1 aromatic carbocycles. The van der Waals surface area contributed by atoms with E-state index >= 15 is 0 Å². The van der Waals surface area contributed by atoms with Gasteiger partial charge < -0.3 is 19.6 Å². The van der Waals surface area contributed by atoms with Crippen LogP contribution >= 0.6 is 0 Å². The first-order chi connectivity index (χ1) is 14.3. The van der Waals surface area contributed by atoms with E-state index in [1.54, 1.807) is 12.5 Å². The maximum Gasteiger partial charge on any atom is 0.251 e. The van der Waals surface area contributed by atoms with Crippen molar-refractivity contribution in [3.8, 4) is 11.4 Å². The molecule has 1 aliphatic heterocycles. The minimum Gasteiger partial charge on any atom is -0.472 e. The first-order valence-corrected chi connectivity index (χ1v) is 10.9. The van der Waals surface area contributed by atoms with Crippen molar-refractivity contribution < 1.29 is 9.21 Å². The van der Waals surface area contributed by atoms with Crippen LogP contribution in [-0.2, 0) is 0 Å². The molecule has 0 spiro atoms. The molecule has 2 N–H and O–H groups in total. The molecule has 0 bridgehead atoms. The Bertz CT molecular complexity index is 980. The van der Waals surface area contributed by atoms with E-state index in [9.17, 15) is 4.79 Å². The number of rotatable bonds is 4. The molecule has 2 aromatic heterocycles. The summed E-state index contributed by atoms with van der Waals surface area (Å²) in [6.45, 7) is 1.92. The maximum atomic E-state index is 12.8. The maximum absolute atomic E-state index is 12.8. The van der Waals surface area contributed by atoms with Crippen LogP contribution in [0.4, 0.5) is 0 Å². The largest absolute Gasteiger partial charge is 0.472 e. The van der Waals surface area contributed by atoms with E-state index in [1.807, 2.05) is 18.2 Å². The van der Waals surface area contributed by atoms with E-state index in [0.717, 1.165) is 48.4 Å². The van der Waals surface area contributed by atoms with Gasteiger partial charge in [0.05, 0.1) is 22.9 Å². The van der Waals surface area contributed by atoms with Crippen molar-refractivity contribution in [3.63, 3.8) is 0 Å². The third-order valence-corrected chi connectivity index (χ3v) is 6.35. The third-order valence-electron chi connectivity index (χ3n) is 6.35. The number of nitrogens with zero attached hydrogens (tertiary/aromatic N) is 2. The monoisotopic (exact) mass is 392 g/mol. The number of piperidine rings is 1. The second kappa shape index (κ2) is 8.03. The molecule has 2 fully saturated rings. The van der Waals surface area contributed by atoms with Crippen molar-refractivity contribution in [1.29, 1.82) is 0 Å². The Hall–Kier alpha value is -2.60. The van der Waals surface area contributed by atoms with E-state index in [0.29, 0.717) is 11.6 Å². The fraction of sp³-hybridized carbons (Fsp3) is 0.478.